The first-order valence-electron chi connectivity index (χ1n) is 9.58. The SMILES string of the molecule is C=C/C=C(\C=C)C[C@@H]1NC(=O)CNC(=O)CCC(=O)N[C@H](C=O)CNC(=O)CNC1=O. The molecule has 1 aliphatic heterocycles. The predicted molar refractivity (Wildman–Crippen MR) is 111 cm³/mol. The second kappa shape index (κ2) is 13.5. The second-order valence-corrected chi connectivity index (χ2v) is 6.61. The molecule has 1 fully saturated rings. The summed E-state index contributed by atoms with van der Waals surface area (Å²) in [5.74, 6) is -2.96. The van der Waals surface area contributed by atoms with E-state index in [1.54, 1.807) is 6.08 Å². The average molecular weight is 433 g/mol. The Morgan fingerprint density at radius 1 is 0.871 bits per heavy atom. The monoisotopic (exact) mass is 433 g/mol. The molecule has 0 aromatic carbocycles. The van der Waals surface area contributed by atoms with Gasteiger partial charge in [0.25, 0.3) is 0 Å². The van der Waals surface area contributed by atoms with Gasteiger partial charge in [0.1, 0.15) is 18.4 Å². The van der Waals surface area contributed by atoms with Gasteiger partial charge in [0, 0.05) is 25.8 Å². The largest absolute Gasteiger partial charge is 0.352 e. The maximum atomic E-state index is 12.5. The van der Waals surface area contributed by atoms with Gasteiger partial charge in [-0.15, -0.1) is 0 Å². The molecule has 0 aromatic rings. The third-order valence-electron chi connectivity index (χ3n) is 4.16. The van der Waals surface area contributed by atoms with E-state index in [9.17, 15) is 28.8 Å². The molecule has 0 saturated carbocycles. The van der Waals surface area contributed by atoms with E-state index in [0.29, 0.717) is 11.9 Å². The molecular formula is C20H27N5O6. The molecule has 11 nitrogen and oxygen atoms in total. The van der Waals surface area contributed by atoms with Crippen molar-refractivity contribution < 1.29 is 28.8 Å². The topological polar surface area (TPSA) is 163 Å². The summed E-state index contributed by atoms with van der Waals surface area (Å²) in [7, 11) is 0. The Hall–Kier alpha value is -3.76. The molecule has 31 heavy (non-hydrogen) atoms. The summed E-state index contributed by atoms with van der Waals surface area (Å²) in [5, 5.41) is 12.1. The van der Waals surface area contributed by atoms with Crippen LogP contribution in [0.2, 0.25) is 0 Å². The Kier molecular flexibility index (Phi) is 11.0. The fourth-order valence-corrected chi connectivity index (χ4v) is 2.54. The van der Waals surface area contributed by atoms with Gasteiger partial charge in [0.15, 0.2) is 0 Å². The highest BCUT2D eigenvalue weighted by atomic mass is 16.2. The quantitative estimate of drug-likeness (QED) is 0.248. The Morgan fingerprint density at radius 3 is 2.19 bits per heavy atom. The van der Waals surface area contributed by atoms with E-state index in [-0.39, 0.29) is 25.8 Å². The van der Waals surface area contributed by atoms with Crippen molar-refractivity contribution in [1.29, 1.82) is 0 Å². The summed E-state index contributed by atoms with van der Waals surface area (Å²) in [6, 6.07) is -2.02. The van der Waals surface area contributed by atoms with Crippen LogP contribution in [0.25, 0.3) is 0 Å². The van der Waals surface area contributed by atoms with E-state index in [2.05, 4.69) is 39.7 Å². The van der Waals surface area contributed by atoms with Crippen molar-refractivity contribution in [1.82, 2.24) is 26.6 Å². The molecule has 11 heteroatoms. The maximum absolute atomic E-state index is 12.5. The lowest BCUT2D eigenvalue weighted by molar-refractivity contribution is -0.131. The van der Waals surface area contributed by atoms with Gasteiger partial charge in [0.2, 0.25) is 29.5 Å². The van der Waals surface area contributed by atoms with Crippen LogP contribution in [0.3, 0.4) is 0 Å². The minimum absolute atomic E-state index is 0.0777. The van der Waals surface area contributed by atoms with Crippen molar-refractivity contribution in [2.75, 3.05) is 19.6 Å². The maximum Gasteiger partial charge on any atom is 0.243 e. The van der Waals surface area contributed by atoms with Crippen molar-refractivity contribution >= 4 is 35.8 Å². The smallest absolute Gasteiger partial charge is 0.243 e. The van der Waals surface area contributed by atoms with Crippen molar-refractivity contribution in [3.05, 3.63) is 37.0 Å². The van der Waals surface area contributed by atoms with Gasteiger partial charge >= 0.3 is 0 Å². The van der Waals surface area contributed by atoms with Crippen LogP contribution in [-0.2, 0) is 28.8 Å². The molecule has 5 N–H and O–H groups in total. The standard InChI is InChI=1S/C20H27N5O6/c1-3-5-13(4-2)8-15-20(31)23-10-18(29)21-9-14(12-26)24-17(28)7-6-16(27)22-11-19(30)25-15/h3-5,12,14-15H,1-2,6-11H2,(H,21,29)(H,22,27)(H,23,31)(H,24,28)(H,25,30)/b13-5+/t14-,15-/m0/s1. The second-order valence-electron chi connectivity index (χ2n) is 6.61. The van der Waals surface area contributed by atoms with Crippen molar-refractivity contribution in [2.24, 2.45) is 0 Å². The molecule has 0 aliphatic carbocycles. The van der Waals surface area contributed by atoms with Gasteiger partial charge in [-0.05, 0) is 5.57 Å². The normalized spacial score (nSPS) is 22.6. The van der Waals surface area contributed by atoms with Crippen LogP contribution in [0.15, 0.2) is 37.0 Å². The molecule has 2 atom stereocenters. The first-order chi connectivity index (χ1) is 14.8. The number of nitrogens with one attached hydrogen (secondary N) is 5. The van der Waals surface area contributed by atoms with Crippen molar-refractivity contribution in [2.45, 2.75) is 31.3 Å². The highest BCUT2D eigenvalue weighted by Crippen LogP contribution is 2.08. The van der Waals surface area contributed by atoms with Gasteiger partial charge in [-0.3, -0.25) is 24.0 Å². The van der Waals surface area contributed by atoms with E-state index in [0.717, 1.165) is 0 Å². The summed E-state index contributed by atoms with van der Waals surface area (Å²) in [5.41, 5.74) is 0.619. The van der Waals surface area contributed by atoms with Crippen LogP contribution in [-0.4, -0.2) is 67.5 Å². The number of hydrogen-bond donors (Lipinski definition) is 5. The molecule has 1 aliphatic rings. The Bertz CT molecular complexity index is 776. The van der Waals surface area contributed by atoms with Gasteiger partial charge in [-0.25, -0.2) is 0 Å². The lowest BCUT2D eigenvalue weighted by Gasteiger charge is -2.19. The summed E-state index contributed by atoms with van der Waals surface area (Å²) >= 11 is 0. The molecule has 168 valence electrons. The van der Waals surface area contributed by atoms with Crippen molar-refractivity contribution in [3.8, 4) is 0 Å². The number of aldehydes is 1. The van der Waals surface area contributed by atoms with Gasteiger partial charge in [-0.2, -0.15) is 0 Å². The highest BCUT2D eigenvalue weighted by Gasteiger charge is 2.23. The average Bonchev–Trinajstić information content (AvgIpc) is 2.75. The van der Waals surface area contributed by atoms with Crippen molar-refractivity contribution in [3.63, 3.8) is 0 Å². The van der Waals surface area contributed by atoms with E-state index in [4.69, 9.17) is 0 Å². The lowest BCUT2D eigenvalue weighted by Crippen LogP contribution is -2.51. The number of carbonyl (C=O) groups is 6. The molecule has 0 spiro atoms. The lowest BCUT2D eigenvalue weighted by atomic mass is 10.0. The van der Waals surface area contributed by atoms with E-state index >= 15 is 0 Å². The molecular weight excluding hydrogens is 406 g/mol. The molecule has 1 heterocycles. The predicted octanol–water partition coefficient (Wildman–Crippen LogP) is -2.01. The minimum Gasteiger partial charge on any atom is -0.352 e. The molecule has 1 rings (SSSR count). The van der Waals surface area contributed by atoms with Crippen LogP contribution in [0.5, 0.6) is 0 Å². The fraction of sp³-hybridized carbons (Fsp3) is 0.400. The summed E-state index contributed by atoms with van der Waals surface area (Å²) in [4.78, 5) is 71.5. The van der Waals surface area contributed by atoms with Crippen LogP contribution in [0.4, 0.5) is 0 Å². The van der Waals surface area contributed by atoms with E-state index in [1.807, 2.05) is 0 Å². The minimum atomic E-state index is -1.04. The molecule has 5 amide bonds. The van der Waals surface area contributed by atoms with Gasteiger partial charge in [0.05, 0.1) is 13.1 Å². The summed E-state index contributed by atoms with van der Waals surface area (Å²) < 4.78 is 0. The fourth-order valence-electron chi connectivity index (χ4n) is 2.54. The third-order valence-corrected chi connectivity index (χ3v) is 4.16. The zero-order valence-corrected chi connectivity index (χ0v) is 17.1. The van der Waals surface area contributed by atoms with Gasteiger partial charge in [-0.1, -0.05) is 31.4 Å². The zero-order chi connectivity index (χ0) is 23.2. The number of carbonyl (C=O) groups excluding carboxylic acids is 6. The first-order valence-corrected chi connectivity index (χ1v) is 9.58. The number of allylic oxidation sites excluding steroid dienone is 3. The third kappa shape index (κ3) is 10.0. The number of rotatable bonds is 5. The molecule has 0 unspecified atom stereocenters. The van der Waals surface area contributed by atoms with Crippen LogP contribution in [0.1, 0.15) is 19.3 Å². The summed E-state index contributed by atoms with van der Waals surface area (Å²) in [6.45, 7) is 6.22. The Balaban J connectivity index is 2.97. The highest BCUT2D eigenvalue weighted by molar-refractivity contribution is 5.93. The summed E-state index contributed by atoms with van der Waals surface area (Å²) in [6.07, 6.45) is 4.74. The first kappa shape index (κ1) is 25.3. The molecule has 0 aromatic heterocycles. The number of hydrogen-bond acceptors (Lipinski definition) is 6. The molecule has 0 radical (unpaired) electrons. The molecule has 1 saturated heterocycles. The number of amides is 5. The van der Waals surface area contributed by atoms with Crippen LogP contribution in [0, 0.1) is 0 Å². The van der Waals surface area contributed by atoms with E-state index in [1.165, 1.54) is 12.2 Å². The zero-order valence-electron chi connectivity index (χ0n) is 17.1. The molecule has 0 bridgehead atoms. The van der Waals surface area contributed by atoms with Gasteiger partial charge < -0.3 is 31.4 Å². The Morgan fingerprint density at radius 2 is 1.55 bits per heavy atom. The van der Waals surface area contributed by atoms with Crippen LogP contribution < -0.4 is 26.6 Å². The van der Waals surface area contributed by atoms with E-state index < -0.39 is 54.7 Å². The Labute approximate surface area is 179 Å². The van der Waals surface area contributed by atoms with Crippen LogP contribution >= 0.6 is 0 Å².